The van der Waals surface area contributed by atoms with Crippen molar-refractivity contribution >= 4 is 11.4 Å². The summed E-state index contributed by atoms with van der Waals surface area (Å²) in [6.07, 6.45) is 48.5. The van der Waals surface area contributed by atoms with E-state index in [4.69, 9.17) is 0 Å². The second kappa shape index (κ2) is 41.8. The van der Waals surface area contributed by atoms with Crippen LogP contribution in [0.5, 0.6) is 0 Å². The standard InChI is InChI=1S/C56H92N2.2C4H9.Ni/c1-7-13-19-23-27-31-35-47-41-48(36-32-28-24-20-14-8-2)44-51(43-47)55-53(39-17-11-5)54(40-18-12-6)56(58(55)57)52-45-49(37-33-29-25-21-15-9-3)42-50(46-52)38-34-30-26-22-16-10-4;2*1-3-4-2;/h41-46H,7-40H2,1-6H3;2*1,3-4H2,2H3;. The van der Waals surface area contributed by atoms with Gasteiger partial charge in [0.15, 0.2) is 0 Å². The Bertz CT molecular complexity index is 1410. The van der Waals surface area contributed by atoms with Gasteiger partial charge in [0.25, 0.3) is 0 Å². The van der Waals surface area contributed by atoms with Crippen LogP contribution in [0.3, 0.4) is 0 Å². The first-order valence-corrected chi connectivity index (χ1v) is 31.0. The monoisotopic (exact) mass is 965 g/mol. The van der Waals surface area contributed by atoms with Crippen LogP contribution >= 0.6 is 0 Å². The number of hydrogen-bond acceptors (Lipinski definition) is 0. The van der Waals surface area contributed by atoms with Gasteiger partial charge < -0.3 is 5.53 Å². The van der Waals surface area contributed by atoms with Crippen LogP contribution in [0.1, 0.15) is 307 Å². The van der Waals surface area contributed by atoms with Crippen molar-refractivity contribution in [3.05, 3.63) is 86.5 Å². The molecule has 67 heavy (non-hydrogen) atoms. The van der Waals surface area contributed by atoms with Gasteiger partial charge in [-0.1, -0.05) is 195 Å². The zero-order valence-corrected chi connectivity index (χ0v) is 46.9. The van der Waals surface area contributed by atoms with E-state index in [0.717, 1.165) is 75.6 Å². The quantitative estimate of drug-likeness (QED) is 0.0360. The molecule has 386 valence electrons. The molecule has 2 nitrogen and oxygen atoms in total. The Morgan fingerprint density at radius 1 is 0.299 bits per heavy atom. The Kier molecular flexibility index (Phi) is 38.1. The molecule has 0 radical (unpaired) electrons. The Hall–Kier alpha value is -1.99. The second-order valence-electron chi connectivity index (χ2n) is 20.5. The number of allylic oxidation sites excluding steroid dienone is 2. The summed E-state index contributed by atoms with van der Waals surface area (Å²) in [7, 11) is 0. The molecule has 0 fully saturated rings. The number of hydrogen-bond donors (Lipinski definition) is 0. The second-order valence-corrected chi connectivity index (χ2v) is 22.0. The molecule has 0 aromatic heterocycles. The molecule has 1 aliphatic rings. The van der Waals surface area contributed by atoms with Crippen LogP contribution in [0.25, 0.3) is 16.9 Å². The van der Waals surface area contributed by atoms with E-state index in [1.54, 1.807) is 4.70 Å². The van der Waals surface area contributed by atoms with Gasteiger partial charge in [0, 0.05) is 22.3 Å². The van der Waals surface area contributed by atoms with Gasteiger partial charge in [0.1, 0.15) is 0 Å². The molecule has 0 saturated carbocycles. The van der Waals surface area contributed by atoms with E-state index in [0.29, 0.717) is 0 Å². The molecule has 0 atom stereocenters. The molecule has 3 rings (SSSR count). The van der Waals surface area contributed by atoms with Crippen LogP contribution < -0.4 is 0 Å². The fourth-order valence-corrected chi connectivity index (χ4v) is 11.2. The predicted octanol–water partition coefficient (Wildman–Crippen LogP) is 22.4. The molecule has 1 aliphatic heterocycles. The van der Waals surface area contributed by atoms with Crippen molar-refractivity contribution in [1.29, 1.82) is 0 Å². The van der Waals surface area contributed by atoms with Crippen molar-refractivity contribution in [3.63, 3.8) is 0 Å². The SMILES string of the molecule is CCCCCCCCc1cc(CCCCCCCC)cc(C2=C(CCCC)C(CCCC)=C(c3cc(CCCCCCCC)cc(CCCCCCCC)c3)[N+]2=[N-])c1.CCC[CH2][Ni][CH2]CCC. The van der Waals surface area contributed by atoms with E-state index in [9.17, 15) is 5.53 Å². The molecule has 2 aromatic rings. The third kappa shape index (κ3) is 26.7. The molecule has 0 unspecified atom stereocenters. The fourth-order valence-electron chi connectivity index (χ4n) is 9.77. The van der Waals surface area contributed by atoms with E-state index >= 15 is 0 Å². The van der Waals surface area contributed by atoms with Crippen molar-refractivity contribution in [1.82, 2.24) is 0 Å². The molecule has 3 heteroatoms. The summed E-state index contributed by atoms with van der Waals surface area (Å²) in [6.45, 7) is 18.4. The molecule has 0 aliphatic carbocycles. The van der Waals surface area contributed by atoms with E-state index < -0.39 is 0 Å². The van der Waals surface area contributed by atoms with Gasteiger partial charge in [-0.15, -0.1) is 0 Å². The first-order chi connectivity index (χ1) is 32.9. The maximum absolute atomic E-state index is 12.8. The van der Waals surface area contributed by atoms with E-state index in [2.05, 4.69) is 91.8 Å². The van der Waals surface area contributed by atoms with E-state index in [1.807, 2.05) is 14.4 Å². The molecule has 0 bridgehead atoms. The van der Waals surface area contributed by atoms with Crippen molar-refractivity contribution in [2.45, 2.75) is 310 Å². The van der Waals surface area contributed by atoms with Crippen molar-refractivity contribution < 1.29 is 19.1 Å². The van der Waals surface area contributed by atoms with Gasteiger partial charge in [-0.05, 0) is 124 Å². The zero-order chi connectivity index (χ0) is 48.6. The minimum absolute atomic E-state index is 1.03. The van der Waals surface area contributed by atoms with E-state index in [1.165, 1.54) is 235 Å². The summed E-state index contributed by atoms with van der Waals surface area (Å²) >= 11 is 1.94. The number of aryl methyl sites for hydroxylation is 4. The Balaban J connectivity index is 0.00000154. The molecule has 0 saturated heterocycles. The fraction of sp³-hybridized carbons (Fsp3) is 0.750. The van der Waals surface area contributed by atoms with Crippen LogP contribution in [0.2, 0.25) is 10.8 Å². The average Bonchev–Trinajstić information content (AvgIpc) is 3.62. The van der Waals surface area contributed by atoms with Crippen LogP contribution in [0, 0.1) is 0 Å². The van der Waals surface area contributed by atoms with Crippen LogP contribution in [-0.4, -0.2) is 4.70 Å². The van der Waals surface area contributed by atoms with Gasteiger partial charge in [-0.2, -0.15) is 0 Å². The number of nitrogens with zero attached hydrogens (tertiary/aromatic N) is 2. The average molecular weight is 966 g/mol. The Labute approximate surface area is 424 Å². The number of unbranched alkanes of at least 4 members (excludes halogenated alkanes) is 24. The van der Waals surface area contributed by atoms with Crippen LogP contribution in [0.15, 0.2) is 47.5 Å². The number of rotatable bonds is 42. The minimum atomic E-state index is 1.03. The van der Waals surface area contributed by atoms with Crippen LogP contribution in [-0.2, 0) is 40.1 Å². The third-order valence-corrected chi connectivity index (χ3v) is 15.4. The van der Waals surface area contributed by atoms with Crippen LogP contribution in [0.4, 0.5) is 0 Å². The molecular weight excluding hydrogens is 855 g/mol. The first kappa shape index (κ1) is 61.1. The molecule has 0 N–H and O–H groups in total. The predicted molar refractivity (Wildman–Crippen MR) is 297 cm³/mol. The molecular formula is C64H110N2Ni. The Morgan fingerprint density at radius 3 is 0.821 bits per heavy atom. The normalized spacial score (nSPS) is 12.8. The summed E-state index contributed by atoms with van der Waals surface area (Å²) in [6, 6.07) is 14.9. The summed E-state index contributed by atoms with van der Waals surface area (Å²) in [5.41, 5.74) is 26.1. The topological polar surface area (TPSA) is 25.3 Å². The number of benzene rings is 2. The van der Waals surface area contributed by atoms with Gasteiger partial charge in [0.05, 0.1) is 0 Å². The third-order valence-electron chi connectivity index (χ3n) is 14.0. The van der Waals surface area contributed by atoms with Crippen molar-refractivity contribution in [2.24, 2.45) is 0 Å². The van der Waals surface area contributed by atoms with Crippen molar-refractivity contribution in [2.75, 3.05) is 0 Å². The van der Waals surface area contributed by atoms with Gasteiger partial charge in [-0.3, -0.25) is 0 Å². The van der Waals surface area contributed by atoms with Crippen molar-refractivity contribution in [3.8, 4) is 0 Å². The van der Waals surface area contributed by atoms with Gasteiger partial charge in [-0.25, -0.2) is 4.70 Å². The molecule has 0 amide bonds. The maximum atomic E-state index is 12.8. The van der Waals surface area contributed by atoms with Gasteiger partial charge in [0.2, 0.25) is 11.4 Å². The summed E-state index contributed by atoms with van der Waals surface area (Å²) < 4.78 is 1.70. The van der Waals surface area contributed by atoms with E-state index in [-0.39, 0.29) is 0 Å². The first-order valence-electron chi connectivity index (χ1n) is 29.6. The summed E-state index contributed by atoms with van der Waals surface area (Å²) in [5, 5.41) is 2.78. The summed E-state index contributed by atoms with van der Waals surface area (Å²) in [5.74, 6) is 0. The molecule has 1 heterocycles. The molecule has 0 spiro atoms. The van der Waals surface area contributed by atoms with Gasteiger partial charge >= 0.3 is 64.8 Å². The zero-order valence-electron chi connectivity index (χ0n) is 46.0. The summed E-state index contributed by atoms with van der Waals surface area (Å²) in [4.78, 5) is 0. The molecule has 2 aromatic carbocycles. The Morgan fingerprint density at radius 2 is 0.552 bits per heavy atom.